The average Bonchev–Trinajstić information content (AvgIpc) is 2.65. The first-order chi connectivity index (χ1) is 14.0. The molecule has 0 fully saturated rings. The van der Waals surface area contributed by atoms with Crippen molar-refractivity contribution >= 4 is 11.8 Å². The van der Waals surface area contributed by atoms with Gasteiger partial charge in [0.25, 0.3) is 0 Å². The van der Waals surface area contributed by atoms with Gasteiger partial charge in [-0.25, -0.2) is 4.79 Å². The van der Waals surface area contributed by atoms with E-state index in [1.807, 2.05) is 6.92 Å². The maximum absolute atomic E-state index is 11.5. The largest absolute Gasteiger partial charge is 0.507 e. The first-order valence-corrected chi connectivity index (χ1v) is 11.2. The molecule has 29 heavy (non-hydrogen) atoms. The lowest BCUT2D eigenvalue weighted by atomic mass is 9.99. The average molecular weight is 407 g/mol. The molecule has 0 bridgehead atoms. The Hall–Kier alpha value is -1.88. The third-order valence-electron chi connectivity index (χ3n) is 5.32. The smallest absolute Gasteiger partial charge is 0.339 e. The zero-order valence-corrected chi connectivity index (χ0v) is 17.9. The number of hydrogen-bond donors (Lipinski definition) is 3. The van der Waals surface area contributed by atoms with Gasteiger partial charge in [-0.05, 0) is 37.3 Å². The number of aryl methyl sites for hydroxylation is 1. The minimum Gasteiger partial charge on any atom is -0.507 e. The third kappa shape index (κ3) is 11.0. The van der Waals surface area contributed by atoms with E-state index in [0.717, 1.165) is 44.9 Å². The van der Waals surface area contributed by atoms with Crippen LogP contribution in [0.2, 0.25) is 0 Å². The molecule has 0 aliphatic carbocycles. The number of carbonyl (C=O) groups is 2. The van der Waals surface area contributed by atoms with Crippen LogP contribution in [0, 0.1) is 0 Å². The predicted molar refractivity (Wildman–Crippen MR) is 115 cm³/mol. The molecule has 0 heterocycles. The van der Waals surface area contributed by atoms with Crippen molar-refractivity contribution in [2.24, 2.45) is 0 Å². The number of rotatable bonds is 17. The number of aliphatic hydroxyl groups is 1. The van der Waals surface area contributed by atoms with Gasteiger partial charge in [0.1, 0.15) is 17.1 Å². The summed E-state index contributed by atoms with van der Waals surface area (Å²) in [5, 5.41) is 28.8. The quantitative estimate of drug-likeness (QED) is 0.290. The van der Waals surface area contributed by atoms with Crippen LogP contribution in [0.3, 0.4) is 0 Å². The molecule has 0 aromatic heterocycles. The minimum absolute atomic E-state index is 0.0346. The number of carboxylic acid groups (broad SMARTS) is 1. The van der Waals surface area contributed by atoms with Crippen LogP contribution in [0.25, 0.3) is 0 Å². The van der Waals surface area contributed by atoms with Gasteiger partial charge in [0, 0.05) is 12.8 Å². The summed E-state index contributed by atoms with van der Waals surface area (Å²) in [5.41, 5.74) is 0.739. The van der Waals surface area contributed by atoms with Gasteiger partial charge >= 0.3 is 5.97 Å². The number of benzene rings is 1. The van der Waals surface area contributed by atoms with Gasteiger partial charge in [-0.2, -0.15) is 0 Å². The van der Waals surface area contributed by atoms with Crippen molar-refractivity contribution in [1.82, 2.24) is 0 Å². The van der Waals surface area contributed by atoms with Gasteiger partial charge in [-0.3, -0.25) is 4.79 Å². The molecule has 0 radical (unpaired) electrons. The van der Waals surface area contributed by atoms with Gasteiger partial charge in [0.2, 0.25) is 0 Å². The molecule has 5 nitrogen and oxygen atoms in total. The molecule has 0 saturated heterocycles. The second kappa shape index (κ2) is 15.0. The van der Waals surface area contributed by atoms with Gasteiger partial charge in [0.15, 0.2) is 0 Å². The number of phenols is 1. The Bertz CT molecular complexity index is 611. The Balaban J connectivity index is 2.00. The third-order valence-corrected chi connectivity index (χ3v) is 5.32. The first kappa shape index (κ1) is 25.2. The number of aromatic hydroxyl groups is 1. The molecule has 1 atom stereocenters. The lowest BCUT2D eigenvalue weighted by Crippen LogP contribution is -2.12. The summed E-state index contributed by atoms with van der Waals surface area (Å²) in [7, 11) is 0. The topological polar surface area (TPSA) is 94.8 Å². The standard InChI is InChI=1S/C24H38O5/c1-2-13-20(25)18-21(26)16-11-9-7-5-3-4-6-8-10-14-19-15-12-17-22(27)23(19)24(28)29/h12,15,17,21,26-27H,2-11,13-14,16,18H2,1H3,(H,28,29). The number of aliphatic hydroxyl groups excluding tert-OH is 1. The highest BCUT2D eigenvalue weighted by Crippen LogP contribution is 2.23. The highest BCUT2D eigenvalue weighted by atomic mass is 16.4. The van der Waals surface area contributed by atoms with Crippen LogP contribution in [0.1, 0.15) is 106 Å². The van der Waals surface area contributed by atoms with Gasteiger partial charge in [-0.1, -0.05) is 70.4 Å². The van der Waals surface area contributed by atoms with E-state index >= 15 is 0 Å². The molecule has 0 aliphatic heterocycles. The second-order valence-corrected chi connectivity index (χ2v) is 7.98. The van der Waals surface area contributed by atoms with Crippen LogP contribution in [0.4, 0.5) is 0 Å². The maximum Gasteiger partial charge on any atom is 0.339 e. The van der Waals surface area contributed by atoms with Crippen LogP contribution in [0.15, 0.2) is 18.2 Å². The van der Waals surface area contributed by atoms with E-state index in [1.165, 1.54) is 31.7 Å². The fourth-order valence-electron chi connectivity index (χ4n) is 3.72. The minimum atomic E-state index is -1.07. The normalized spacial score (nSPS) is 12.1. The highest BCUT2D eigenvalue weighted by Gasteiger charge is 2.14. The Kier molecular flexibility index (Phi) is 13.0. The van der Waals surface area contributed by atoms with Gasteiger partial charge in [-0.15, -0.1) is 0 Å². The number of aromatic carboxylic acids is 1. The fraction of sp³-hybridized carbons (Fsp3) is 0.667. The number of unbranched alkanes of at least 4 members (excludes halogenated alkanes) is 8. The summed E-state index contributed by atoms with van der Waals surface area (Å²) in [6, 6.07) is 4.89. The van der Waals surface area contributed by atoms with Crippen molar-refractivity contribution in [3.63, 3.8) is 0 Å². The lowest BCUT2D eigenvalue weighted by Gasteiger charge is -2.09. The van der Waals surface area contributed by atoms with E-state index in [1.54, 1.807) is 12.1 Å². The summed E-state index contributed by atoms with van der Waals surface area (Å²) >= 11 is 0. The second-order valence-electron chi connectivity index (χ2n) is 7.98. The Labute approximate surface area is 175 Å². The van der Waals surface area contributed by atoms with E-state index in [9.17, 15) is 24.9 Å². The van der Waals surface area contributed by atoms with E-state index in [0.29, 0.717) is 24.8 Å². The molecule has 0 spiro atoms. The molecule has 0 aliphatic rings. The summed E-state index contributed by atoms with van der Waals surface area (Å²) in [5.74, 6) is -1.06. The summed E-state index contributed by atoms with van der Waals surface area (Å²) in [4.78, 5) is 22.7. The number of carbonyl (C=O) groups excluding carboxylic acids is 1. The van der Waals surface area contributed by atoms with E-state index in [-0.39, 0.29) is 17.1 Å². The van der Waals surface area contributed by atoms with E-state index < -0.39 is 12.1 Å². The van der Waals surface area contributed by atoms with Crippen LogP contribution in [-0.4, -0.2) is 33.2 Å². The van der Waals surface area contributed by atoms with E-state index in [2.05, 4.69) is 0 Å². The van der Waals surface area contributed by atoms with Crippen molar-refractivity contribution in [2.75, 3.05) is 0 Å². The summed E-state index contributed by atoms with van der Waals surface area (Å²) in [6.45, 7) is 1.98. The molecular weight excluding hydrogens is 368 g/mol. The SMILES string of the molecule is CCCC(=O)CC(O)CCCCCCCCCCCc1cccc(O)c1C(=O)O. The molecule has 3 N–H and O–H groups in total. The molecular formula is C24H38O5. The molecule has 5 heteroatoms. The van der Waals surface area contributed by atoms with Crippen molar-refractivity contribution in [2.45, 2.75) is 103 Å². The Morgan fingerprint density at radius 2 is 1.52 bits per heavy atom. The van der Waals surface area contributed by atoms with Crippen molar-refractivity contribution in [1.29, 1.82) is 0 Å². The first-order valence-electron chi connectivity index (χ1n) is 11.2. The van der Waals surface area contributed by atoms with Crippen molar-refractivity contribution in [3.8, 4) is 5.75 Å². The highest BCUT2D eigenvalue weighted by molar-refractivity contribution is 5.92. The molecule has 164 valence electrons. The number of Topliss-reactive ketones (excluding diaryl/α,β-unsaturated/α-hetero) is 1. The molecule has 1 aromatic rings. The predicted octanol–water partition coefficient (Wildman–Crippen LogP) is 5.65. The molecule has 1 rings (SSSR count). The summed E-state index contributed by atoms with van der Waals surface area (Å²) < 4.78 is 0. The monoisotopic (exact) mass is 406 g/mol. The van der Waals surface area contributed by atoms with Crippen LogP contribution in [0.5, 0.6) is 5.75 Å². The van der Waals surface area contributed by atoms with Crippen LogP contribution in [-0.2, 0) is 11.2 Å². The Morgan fingerprint density at radius 1 is 0.931 bits per heavy atom. The van der Waals surface area contributed by atoms with Gasteiger partial charge in [0.05, 0.1) is 6.10 Å². The summed E-state index contributed by atoms with van der Waals surface area (Å²) in [6.07, 6.45) is 12.6. The molecule has 0 amide bonds. The maximum atomic E-state index is 11.5. The zero-order valence-electron chi connectivity index (χ0n) is 17.9. The lowest BCUT2D eigenvalue weighted by molar-refractivity contribution is -0.121. The van der Waals surface area contributed by atoms with Crippen molar-refractivity contribution < 1.29 is 24.9 Å². The Morgan fingerprint density at radius 3 is 2.10 bits per heavy atom. The fourth-order valence-corrected chi connectivity index (χ4v) is 3.72. The zero-order chi connectivity index (χ0) is 21.5. The number of carboxylic acids is 1. The molecule has 1 unspecified atom stereocenters. The number of ketones is 1. The van der Waals surface area contributed by atoms with Crippen LogP contribution >= 0.6 is 0 Å². The molecule has 1 aromatic carbocycles. The van der Waals surface area contributed by atoms with E-state index in [4.69, 9.17) is 0 Å². The molecule has 0 saturated carbocycles. The van der Waals surface area contributed by atoms with Crippen molar-refractivity contribution in [3.05, 3.63) is 29.3 Å². The van der Waals surface area contributed by atoms with Crippen LogP contribution < -0.4 is 0 Å². The van der Waals surface area contributed by atoms with Gasteiger partial charge < -0.3 is 15.3 Å². The number of hydrogen-bond acceptors (Lipinski definition) is 4.